The second-order valence-corrected chi connectivity index (χ2v) is 4.78. The van der Waals surface area contributed by atoms with E-state index in [9.17, 15) is 4.79 Å². The summed E-state index contributed by atoms with van der Waals surface area (Å²) in [5, 5.41) is 11.3. The lowest BCUT2D eigenvalue weighted by molar-refractivity contribution is -0.105. The first kappa shape index (κ1) is 14.8. The third-order valence-corrected chi connectivity index (χ3v) is 3.59. The highest BCUT2D eigenvalue weighted by atomic mass is 16.5. The van der Waals surface area contributed by atoms with Crippen LogP contribution in [0.25, 0.3) is 22.2 Å². The minimum absolute atomic E-state index is 0.370. The number of nitrogens with one attached hydrogen (secondary N) is 1. The Bertz CT molecular complexity index is 853. The first-order chi connectivity index (χ1) is 11.2. The summed E-state index contributed by atoms with van der Waals surface area (Å²) in [5.74, 6) is 1.41. The predicted molar refractivity (Wildman–Crippen MR) is 84.5 cm³/mol. The molecule has 3 aromatic rings. The SMILES string of the molecule is COc1cnnc(OC)c1-c1cc2cc(NC=O)ncc2n1C. The van der Waals surface area contributed by atoms with E-state index < -0.39 is 0 Å². The Hall–Kier alpha value is -3.16. The van der Waals surface area contributed by atoms with Gasteiger partial charge in [-0.2, -0.15) is 5.10 Å². The van der Waals surface area contributed by atoms with Gasteiger partial charge in [0, 0.05) is 12.4 Å². The molecule has 8 nitrogen and oxygen atoms in total. The normalized spacial score (nSPS) is 10.6. The van der Waals surface area contributed by atoms with Gasteiger partial charge >= 0.3 is 0 Å². The molecule has 0 bridgehead atoms. The van der Waals surface area contributed by atoms with Gasteiger partial charge in [0.2, 0.25) is 12.3 Å². The van der Waals surface area contributed by atoms with Crippen LogP contribution in [0.4, 0.5) is 5.82 Å². The number of pyridine rings is 1. The molecule has 0 unspecified atom stereocenters. The molecule has 1 amide bonds. The summed E-state index contributed by atoms with van der Waals surface area (Å²) in [4.78, 5) is 14.8. The van der Waals surface area contributed by atoms with Crippen LogP contribution in [0.2, 0.25) is 0 Å². The summed E-state index contributed by atoms with van der Waals surface area (Å²) < 4.78 is 12.7. The molecule has 3 rings (SSSR count). The molecule has 0 aromatic carbocycles. The van der Waals surface area contributed by atoms with E-state index >= 15 is 0 Å². The summed E-state index contributed by atoms with van der Waals surface area (Å²) >= 11 is 0. The van der Waals surface area contributed by atoms with Crippen LogP contribution in [0.5, 0.6) is 11.6 Å². The Morgan fingerprint density at radius 3 is 2.74 bits per heavy atom. The van der Waals surface area contributed by atoms with E-state index in [-0.39, 0.29) is 0 Å². The molecule has 0 spiro atoms. The topological polar surface area (TPSA) is 91.2 Å². The Morgan fingerprint density at radius 2 is 2.04 bits per heavy atom. The van der Waals surface area contributed by atoms with E-state index in [1.165, 1.54) is 13.3 Å². The van der Waals surface area contributed by atoms with Crippen LogP contribution in [0.15, 0.2) is 24.5 Å². The summed E-state index contributed by atoms with van der Waals surface area (Å²) in [6.45, 7) is 0. The lowest BCUT2D eigenvalue weighted by atomic mass is 10.2. The average Bonchev–Trinajstić information content (AvgIpc) is 2.90. The van der Waals surface area contributed by atoms with Crippen molar-refractivity contribution in [3.63, 3.8) is 0 Å². The van der Waals surface area contributed by atoms with E-state index in [1.807, 2.05) is 17.7 Å². The van der Waals surface area contributed by atoms with Gasteiger partial charge in [-0.15, -0.1) is 5.10 Å². The summed E-state index contributed by atoms with van der Waals surface area (Å²) in [6.07, 6.45) is 3.82. The Morgan fingerprint density at radius 1 is 1.22 bits per heavy atom. The van der Waals surface area contributed by atoms with Gasteiger partial charge in [-0.3, -0.25) is 4.79 Å². The zero-order chi connectivity index (χ0) is 16.4. The molecular weight excluding hydrogens is 298 g/mol. The minimum Gasteiger partial charge on any atom is -0.494 e. The molecule has 0 saturated carbocycles. The number of nitrogens with zero attached hydrogens (tertiary/aromatic N) is 4. The van der Waals surface area contributed by atoms with Gasteiger partial charge in [0.25, 0.3) is 0 Å². The van der Waals surface area contributed by atoms with Crippen molar-refractivity contribution in [3.05, 3.63) is 24.5 Å². The predicted octanol–water partition coefficient (Wildman–Crippen LogP) is 1.62. The van der Waals surface area contributed by atoms with Crippen molar-refractivity contribution < 1.29 is 14.3 Å². The van der Waals surface area contributed by atoms with E-state index in [2.05, 4.69) is 20.5 Å². The van der Waals surface area contributed by atoms with Gasteiger partial charge in [-0.1, -0.05) is 0 Å². The summed E-state index contributed by atoms with van der Waals surface area (Å²) in [6, 6.07) is 3.75. The van der Waals surface area contributed by atoms with E-state index in [0.717, 1.165) is 16.6 Å². The standard InChI is InChI=1S/C15H15N5O3/c1-20-10(14-12(22-2)7-18-19-15(14)23-3)4-9-5-13(17-8-21)16-6-11(9)20/h4-8H,1-3H3,(H,16,17,21). The molecule has 118 valence electrons. The number of hydrogen-bond acceptors (Lipinski definition) is 6. The number of methoxy groups -OCH3 is 2. The smallest absolute Gasteiger partial charge is 0.246 e. The van der Waals surface area contributed by atoms with Crippen molar-refractivity contribution in [1.29, 1.82) is 0 Å². The van der Waals surface area contributed by atoms with Gasteiger partial charge in [0.1, 0.15) is 11.4 Å². The number of carbonyl (C=O) groups excluding carboxylic acids is 1. The lowest BCUT2D eigenvalue weighted by Gasteiger charge is -2.11. The molecule has 1 N–H and O–H groups in total. The molecule has 0 saturated heterocycles. The molecule has 0 fully saturated rings. The second-order valence-electron chi connectivity index (χ2n) is 4.78. The van der Waals surface area contributed by atoms with Crippen molar-refractivity contribution in [2.24, 2.45) is 7.05 Å². The number of ether oxygens (including phenoxy) is 2. The number of carbonyl (C=O) groups is 1. The molecule has 0 radical (unpaired) electrons. The minimum atomic E-state index is 0.370. The monoisotopic (exact) mass is 313 g/mol. The molecule has 0 aliphatic carbocycles. The number of anilines is 1. The fourth-order valence-corrected chi connectivity index (χ4v) is 2.50. The molecule has 0 atom stereocenters. The maximum absolute atomic E-state index is 10.6. The van der Waals surface area contributed by atoms with E-state index in [1.54, 1.807) is 19.4 Å². The maximum Gasteiger partial charge on any atom is 0.246 e. The molecule has 0 aliphatic rings. The largest absolute Gasteiger partial charge is 0.494 e. The molecule has 23 heavy (non-hydrogen) atoms. The highest BCUT2D eigenvalue weighted by Crippen LogP contribution is 2.38. The fraction of sp³-hybridized carbons (Fsp3) is 0.200. The van der Waals surface area contributed by atoms with Crippen molar-refractivity contribution >= 4 is 23.1 Å². The Balaban J connectivity index is 2.25. The van der Waals surface area contributed by atoms with E-state index in [4.69, 9.17) is 9.47 Å². The van der Waals surface area contributed by atoms with Crippen LogP contribution >= 0.6 is 0 Å². The number of aryl methyl sites for hydroxylation is 1. The number of fused-ring (bicyclic) bond motifs is 1. The fourth-order valence-electron chi connectivity index (χ4n) is 2.50. The first-order valence-corrected chi connectivity index (χ1v) is 6.79. The number of rotatable bonds is 5. The maximum atomic E-state index is 10.6. The number of amides is 1. The Kier molecular flexibility index (Phi) is 3.80. The quantitative estimate of drug-likeness (QED) is 0.720. The summed E-state index contributed by atoms with van der Waals surface area (Å²) in [7, 11) is 5.00. The van der Waals surface area contributed by atoms with Gasteiger partial charge in [-0.05, 0) is 12.1 Å². The van der Waals surface area contributed by atoms with Crippen LogP contribution in [-0.4, -0.2) is 40.4 Å². The molecule has 8 heteroatoms. The average molecular weight is 313 g/mol. The molecule has 0 aliphatic heterocycles. The van der Waals surface area contributed by atoms with Gasteiger partial charge < -0.3 is 19.4 Å². The van der Waals surface area contributed by atoms with Crippen LogP contribution in [0, 0.1) is 0 Å². The molecule has 3 heterocycles. The van der Waals surface area contributed by atoms with Gasteiger partial charge in [0.15, 0.2) is 5.75 Å². The Labute approximate surface area is 132 Å². The lowest BCUT2D eigenvalue weighted by Crippen LogP contribution is -2.01. The first-order valence-electron chi connectivity index (χ1n) is 6.79. The van der Waals surface area contributed by atoms with Crippen molar-refractivity contribution in [2.75, 3.05) is 19.5 Å². The van der Waals surface area contributed by atoms with Crippen molar-refractivity contribution in [3.8, 4) is 22.9 Å². The van der Waals surface area contributed by atoms with Crippen LogP contribution in [0.3, 0.4) is 0 Å². The molecule has 3 aromatic heterocycles. The van der Waals surface area contributed by atoms with Gasteiger partial charge in [-0.25, -0.2) is 4.98 Å². The van der Waals surface area contributed by atoms with Crippen molar-refractivity contribution in [2.45, 2.75) is 0 Å². The van der Waals surface area contributed by atoms with Crippen LogP contribution in [-0.2, 0) is 11.8 Å². The summed E-state index contributed by atoms with van der Waals surface area (Å²) in [5.41, 5.74) is 2.44. The van der Waals surface area contributed by atoms with Gasteiger partial charge in [0.05, 0.1) is 37.8 Å². The van der Waals surface area contributed by atoms with Crippen LogP contribution in [0.1, 0.15) is 0 Å². The molecular formula is C15H15N5O3. The number of hydrogen-bond donors (Lipinski definition) is 1. The van der Waals surface area contributed by atoms with E-state index in [0.29, 0.717) is 29.4 Å². The van der Waals surface area contributed by atoms with Crippen molar-refractivity contribution in [1.82, 2.24) is 19.7 Å². The zero-order valence-electron chi connectivity index (χ0n) is 12.9. The van der Waals surface area contributed by atoms with Crippen LogP contribution < -0.4 is 14.8 Å². The third-order valence-electron chi connectivity index (χ3n) is 3.59. The highest BCUT2D eigenvalue weighted by Gasteiger charge is 2.19. The second kappa shape index (κ2) is 5.91. The third kappa shape index (κ3) is 2.44. The number of aromatic nitrogens is 4. The zero-order valence-corrected chi connectivity index (χ0v) is 12.9. The highest BCUT2D eigenvalue weighted by molar-refractivity contribution is 5.91.